The van der Waals surface area contributed by atoms with E-state index in [1.165, 1.54) is 0 Å². The third-order valence-corrected chi connectivity index (χ3v) is 3.04. The molecule has 1 aliphatic carbocycles. The van der Waals surface area contributed by atoms with E-state index in [1.807, 2.05) is 0 Å². The highest BCUT2D eigenvalue weighted by Gasteiger charge is 2.38. The molecule has 1 saturated carbocycles. The van der Waals surface area contributed by atoms with Crippen LogP contribution in [0.3, 0.4) is 0 Å². The van der Waals surface area contributed by atoms with Crippen LogP contribution in [0.15, 0.2) is 0 Å². The monoisotopic (exact) mass is 216 g/mol. The first-order chi connectivity index (χ1) is 7.04. The second-order valence-corrected chi connectivity index (χ2v) is 4.05. The Balaban J connectivity index is 2.71. The molecule has 0 amide bonds. The second kappa shape index (κ2) is 5.11. The number of aliphatic hydroxyl groups excluding tert-OH is 1. The minimum atomic E-state index is -1.79. The third kappa shape index (κ3) is 2.92. The number of carboxylic acid groups (broad SMARTS) is 2. The van der Waals surface area contributed by atoms with Gasteiger partial charge in [0.1, 0.15) is 0 Å². The molecule has 1 rings (SSSR count). The number of aliphatic hydroxyl groups is 1. The molecular formula is C10H16O5. The molecule has 3 N–H and O–H groups in total. The molecular weight excluding hydrogens is 200 g/mol. The highest BCUT2D eigenvalue weighted by Crippen LogP contribution is 2.32. The van der Waals surface area contributed by atoms with Gasteiger partial charge in [-0.1, -0.05) is 19.3 Å². The van der Waals surface area contributed by atoms with E-state index < -0.39 is 24.0 Å². The fraction of sp³-hybridized carbons (Fsp3) is 0.800. The summed E-state index contributed by atoms with van der Waals surface area (Å²) in [5.41, 5.74) is 0. The van der Waals surface area contributed by atoms with Crippen LogP contribution in [-0.4, -0.2) is 33.4 Å². The maximum atomic E-state index is 10.9. The highest BCUT2D eigenvalue weighted by molar-refractivity contribution is 5.81. The zero-order valence-corrected chi connectivity index (χ0v) is 8.43. The minimum absolute atomic E-state index is 0.206. The molecule has 5 heteroatoms. The second-order valence-electron chi connectivity index (χ2n) is 4.05. The molecule has 0 radical (unpaired) electrons. The molecule has 1 aliphatic rings. The first kappa shape index (κ1) is 12.0. The summed E-state index contributed by atoms with van der Waals surface area (Å²) in [6, 6.07) is 0. The normalized spacial score (nSPS) is 21.9. The van der Waals surface area contributed by atoms with Gasteiger partial charge in [0.05, 0.1) is 5.92 Å². The molecule has 2 atom stereocenters. The molecule has 15 heavy (non-hydrogen) atoms. The predicted octanol–water partition coefficient (Wildman–Crippen LogP) is 0.713. The Morgan fingerprint density at radius 2 is 1.53 bits per heavy atom. The molecule has 0 spiro atoms. The van der Waals surface area contributed by atoms with Crippen molar-refractivity contribution in [2.75, 3.05) is 0 Å². The van der Waals surface area contributed by atoms with Crippen LogP contribution >= 0.6 is 0 Å². The first-order valence-electron chi connectivity index (χ1n) is 5.17. The van der Waals surface area contributed by atoms with Gasteiger partial charge in [-0.2, -0.15) is 0 Å². The molecule has 0 aromatic rings. The van der Waals surface area contributed by atoms with Gasteiger partial charge in [0.25, 0.3) is 0 Å². The van der Waals surface area contributed by atoms with Crippen molar-refractivity contribution < 1.29 is 24.9 Å². The molecule has 2 unspecified atom stereocenters. The number of hydrogen-bond donors (Lipinski definition) is 3. The Labute approximate surface area is 87.7 Å². The van der Waals surface area contributed by atoms with E-state index in [2.05, 4.69) is 0 Å². The summed E-state index contributed by atoms with van der Waals surface area (Å²) in [6.45, 7) is 0. The molecule has 5 nitrogen and oxygen atoms in total. The fourth-order valence-electron chi connectivity index (χ4n) is 2.24. The first-order valence-corrected chi connectivity index (χ1v) is 5.17. The summed E-state index contributed by atoms with van der Waals surface area (Å²) < 4.78 is 0. The van der Waals surface area contributed by atoms with Gasteiger partial charge in [-0.3, -0.25) is 4.79 Å². The molecule has 0 bridgehead atoms. The van der Waals surface area contributed by atoms with E-state index in [0.717, 1.165) is 19.3 Å². The van der Waals surface area contributed by atoms with E-state index in [9.17, 15) is 14.7 Å². The predicted molar refractivity (Wildman–Crippen MR) is 51.3 cm³/mol. The van der Waals surface area contributed by atoms with E-state index in [-0.39, 0.29) is 5.92 Å². The van der Waals surface area contributed by atoms with Crippen molar-refractivity contribution in [3.05, 3.63) is 0 Å². The van der Waals surface area contributed by atoms with Crippen LogP contribution in [0.5, 0.6) is 0 Å². The van der Waals surface area contributed by atoms with Crippen LogP contribution in [-0.2, 0) is 9.59 Å². The Morgan fingerprint density at radius 1 is 1.00 bits per heavy atom. The van der Waals surface area contributed by atoms with E-state index in [4.69, 9.17) is 10.2 Å². The lowest BCUT2D eigenvalue weighted by Crippen LogP contribution is -2.40. The molecule has 0 aromatic carbocycles. The van der Waals surface area contributed by atoms with Crippen molar-refractivity contribution in [1.29, 1.82) is 0 Å². The summed E-state index contributed by atoms with van der Waals surface area (Å²) >= 11 is 0. The topological polar surface area (TPSA) is 94.8 Å². The smallest absolute Gasteiger partial charge is 0.333 e. The van der Waals surface area contributed by atoms with Crippen molar-refractivity contribution in [1.82, 2.24) is 0 Å². The Hall–Kier alpha value is -1.10. The van der Waals surface area contributed by atoms with Gasteiger partial charge < -0.3 is 15.3 Å². The Kier molecular flexibility index (Phi) is 4.08. The van der Waals surface area contributed by atoms with Crippen LogP contribution in [0.4, 0.5) is 0 Å². The molecule has 1 fully saturated rings. The van der Waals surface area contributed by atoms with Crippen molar-refractivity contribution in [2.45, 2.75) is 38.2 Å². The lowest BCUT2D eigenvalue weighted by Gasteiger charge is -2.28. The Bertz CT molecular complexity index is 244. The maximum Gasteiger partial charge on any atom is 0.333 e. The van der Waals surface area contributed by atoms with Crippen LogP contribution in [0, 0.1) is 11.8 Å². The molecule has 0 aromatic heterocycles. The largest absolute Gasteiger partial charge is 0.481 e. The van der Waals surface area contributed by atoms with Crippen molar-refractivity contribution in [3.8, 4) is 0 Å². The van der Waals surface area contributed by atoms with Crippen LogP contribution in [0.25, 0.3) is 0 Å². The lowest BCUT2D eigenvalue weighted by atomic mass is 9.77. The maximum absolute atomic E-state index is 10.9. The molecule has 0 heterocycles. The van der Waals surface area contributed by atoms with E-state index >= 15 is 0 Å². The van der Waals surface area contributed by atoms with Gasteiger partial charge in [0.15, 0.2) is 6.10 Å². The summed E-state index contributed by atoms with van der Waals surface area (Å²) in [5, 5.41) is 26.9. The van der Waals surface area contributed by atoms with Crippen LogP contribution < -0.4 is 0 Å². The number of hydrogen-bond acceptors (Lipinski definition) is 3. The molecule has 0 aliphatic heterocycles. The standard InChI is InChI=1S/C10H16O5/c11-8(10(14)15)7(9(12)13)6-4-2-1-3-5-6/h6-8,11H,1-5H2,(H,12,13)(H,14,15). The zero-order valence-electron chi connectivity index (χ0n) is 8.43. The highest BCUT2D eigenvalue weighted by atomic mass is 16.4. The third-order valence-electron chi connectivity index (χ3n) is 3.04. The van der Waals surface area contributed by atoms with Gasteiger partial charge in [-0.15, -0.1) is 0 Å². The van der Waals surface area contributed by atoms with Gasteiger partial charge in [-0.25, -0.2) is 4.79 Å². The number of aliphatic carboxylic acids is 2. The summed E-state index contributed by atoms with van der Waals surface area (Å²) in [6.07, 6.45) is 2.50. The van der Waals surface area contributed by atoms with Crippen LogP contribution in [0.1, 0.15) is 32.1 Å². The van der Waals surface area contributed by atoms with Gasteiger partial charge in [-0.05, 0) is 18.8 Å². The SMILES string of the molecule is O=C(O)C(O)C(C(=O)O)C1CCCCC1. The van der Waals surface area contributed by atoms with Gasteiger partial charge in [0.2, 0.25) is 0 Å². The lowest BCUT2D eigenvalue weighted by molar-refractivity contribution is -0.162. The number of rotatable bonds is 4. The number of carbonyl (C=O) groups is 2. The summed E-state index contributed by atoms with van der Waals surface area (Å²) in [7, 11) is 0. The zero-order chi connectivity index (χ0) is 11.4. The number of carboxylic acids is 2. The van der Waals surface area contributed by atoms with E-state index in [1.54, 1.807) is 0 Å². The summed E-state index contributed by atoms with van der Waals surface area (Å²) in [4.78, 5) is 21.5. The summed E-state index contributed by atoms with van der Waals surface area (Å²) in [5.74, 6) is -4.03. The average Bonchev–Trinajstić information content (AvgIpc) is 2.18. The van der Waals surface area contributed by atoms with Gasteiger partial charge >= 0.3 is 11.9 Å². The molecule has 86 valence electrons. The fourth-order valence-corrected chi connectivity index (χ4v) is 2.24. The Morgan fingerprint density at radius 3 is 1.93 bits per heavy atom. The van der Waals surface area contributed by atoms with Gasteiger partial charge in [0, 0.05) is 0 Å². The minimum Gasteiger partial charge on any atom is -0.481 e. The average molecular weight is 216 g/mol. The quantitative estimate of drug-likeness (QED) is 0.643. The van der Waals surface area contributed by atoms with Crippen molar-refractivity contribution in [2.24, 2.45) is 11.8 Å². The van der Waals surface area contributed by atoms with Crippen LogP contribution in [0.2, 0.25) is 0 Å². The van der Waals surface area contributed by atoms with E-state index in [0.29, 0.717) is 12.8 Å². The molecule has 0 saturated heterocycles. The van der Waals surface area contributed by atoms with Crippen molar-refractivity contribution >= 4 is 11.9 Å². The van der Waals surface area contributed by atoms with Crippen molar-refractivity contribution in [3.63, 3.8) is 0 Å².